The number of hydrogen-bond acceptors (Lipinski definition) is 3. The van der Waals surface area contributed by atoms with E-state index in [0.717, 1.165) is 25.2 Å². The largest absolute Gasteiger partial charge is 0.307 e. The number of nitrogens with one attached hydrogen (secondary N) is 1. The molecule has 18 heavy (non-hydrogen) atoms. The lowest BCUT2D eigenvalue weighted by atomic mass is 10.2. The van der Waals surface area contributed by atoms with Crippen LogP contribution in [0.25, 0.3) is 0 Å². The first-order chi connectivity index (χ1) is 8.70. The predicted octanol–water partition coefficient (Wildman–Crippen LogP) is 1.98. The van der Waals surface area contributed by atoms with E-state index >= 15 is 0 Å². The fourth-order valence-corrected chi connectivity index (χ4v) is 2.05. The summed E-state index contributed by atoms with van der Waals surface area (Å²) in [6, 6.07) is 4.06. The smallest absolute Gasteiger partial charge is 0.0666 e. The van der Waals surface area contributed by atoms with Gasteiger partial charge in [0, 0.05) is 38.1 Å². The molecule has 0 saturated heterocycles. The normalized spacial score (nSPS) is 10.8. The van der Waals surface area contributed by atoms with Gasteiger partial charge in [-0.15, -0.1) is 0 Å². The Labute approximate surface area is 108 Å². The number of aryl methyl sites for hydroxylation is 3. The van der Waals surface area contributed by atoms with Gasteiger partial charge in [0.25, 0.3) is 0 Å². The first-order valence-electron chi connectivity index (χ1n) is 6.33. The molecule has 0 aliphatic rings. The molecule has 0 aromatic carbocycles. The highest BCUT2D eigenvalue weighted by Gasteiger charge is 2.05. The van der Waals surface area contributed by atoms with Crippen molar-refractivity contribution >= 4 is 0 Å². The minimum atomic E-state index is 0.796. The van der Waals surface area contributed by atoms with E-state index in [1.54, 1.807) is 0 Å². The van der Waals surface area contributed by atoms with Crippen molar-refractivity contribution in [2.75, 3.05) is 0 Å². The number of pyridine rings is 1. The summed E-state index contributed by atoms with van der Waals surface area (Å²) < 4.78 is 1.88. The number of nitrogens with zero attached hydrogens (tertiary/aromatic N) is 3. The van der Waals surface area contributed by atoms with E-state index in [1.807, 2.05) is 24.0 Å². The fourth-order valence-electron chi connectivity index (χ4n) is 2.05. The molecule has 4 heteroatoms. The van der Waals surface area contributed by atoms with Crippen molar-refractivity contribution in [3.63, 3.8) is 0 Å². The van der Waals surface area contributed by atoms with Crippen LogP contribution in [0.3, 0.4) is 0 Å². The van der Waals surface area contributed by atoms with Gasteiger partial charge in [-0.3, -0.25) is 9.67 Å². The zero-order valence-electron chi connectivity index (χ0n) is 11.3. The minimum absolute atomic E-state index is 0.796. The van der Waals surface area contributed by atoms with Crippen molar-refractivity contribution in [1.29, 1.82) is 0 Å². The quantitative estimate of drug-likeness (QED) is 0.874. The van der Waals surface area contributed by atoms with Gasteiger partial charge in [0.1, 0.15) is 0 Å². The van der Waals surface area contributed by atoms with Crippen LogP contribution in [0.4, 0.5) is 0 Å². The third-order valence-corrected chi connectivity index (χ3v) is 3.05. The van der Waals surface area contributed by atoms with Crippen molar-refractivity contribution in [2.45, 2.75) is 33.4 Å². The van der Waals surface area contributed by atoms with Gasteiger partial charge < -0.3 is 5.32 Å². The summed E-state index contributed by atoms with van der Waals surface area (Å²) in [6.07, 6.45) is 4.89. The Hall–Kier alpha value is -1.68. The predicted molar refractivity (Wildman–Crippen MR) is 72.1 cm³/mol. The summed E-state index contributed by atoms with van der Waals surface area (Å²) in [5.41, 5.74) is 4.78. The molecule has 0 atom stereocenters. The average molecular weight is 244 g/mol. The maximum Gasteiger partial charge on any atom is 0.0666 e. The summed E-state index contributed by atoms with van der Waals surface area (Å²) in [4.78, 5) is 4.37. The van der Waals surface area contributed by atoms with Crippen molar-refractivity contribution in [3.05, 3.63) is 47.0 Å². The van der Waals surface area contributed by atoms with Crippen molar-refractivity contribution < 1.29 is 0 Å². The third kappa shape index (κ3) is 2.96. The van der Waals surface area contributed by atoms with Gasteiger partial charge in [0.05, 0.1) is 11.4 Å². The monoisotopic (exact) mass is 244 g/mol. The second-order valence-corrected chi connectivity index (χ2v) is 4.50. The van der Waals surface area contributed by atoms with Crippen LogP contribution >= 0.6 is 0 Å². The first kappa shape index (κ1) is 12.8. The van der Waals surface area contributed by atoms with Gasteiger partial charge in [0.15, 0.2) is 0 Å². The molecule has 2 aromatic heterocycles. The number of hydrogen-bond donors (Lipinski definition) is 1. The Bertz CT molecular complexity index is 516. The van der Waals surface area contributed by atoms with Crippen molar-refractivity contribution in [2.24, 2.45) is 7.05 Å². The van der Waals surface area contributed by atoms with E-state index in [-0.39, 0.29) is 0 Å². The molecule has 0 spiro atoms. The van der Waals surface area contributed by atoms with E-state index in [2.05, 4.69) is 41.5 Å². The number of rotatable bonds is 5. The molecular weight excluding hydrogens is 224 g/mol. The van der Waals surface area contributed by atoms with E-state index in [0.29, 0.717) is 0 Å². The van der Waals surface area contributed by atoms with Crippen LogP contribution in [-0.2, 0) is 26.6 Å². The van der Waals surface area contributed by atoms with Crippen molar-refractivity contribution in [3.8, 4) is 0 Å². The molecule has 0 aliphatic carbocycles. The Kier molecular flexibility index (Phi) is 4.10. The Morgan fingerprint density at radius 2 is 2.11 bits per heavy atom. The lowest BCUT2D eigenvalue weighted by molar-refractivity contribution is 0.672. The number of aromatic nitrogens is 3. The van der Waals surface area contributed by atoms with E-state index in [9.17, 15) is 0 Å². The summed E-state index contributed by atoms with van der Waals surface area (Å²) in [5, 5.41) is 7.86. The molecule has 2 rings (SSSR count). The van der Waals surface area contributed by atoms with Gasteiger partial charge >= 0.3 is 0 Å². The van der Waals surface area contributed by atoms with E-state index in [1.165, 1.54) is 16.8 Å². The summed E-state index contributed by atoms with van der Waals surface area (Å²) in [7, 11) is 1.96. The SMILES string of the molecule is CCc1nn(C)cc1CNCc1ncccc1C. The summed E-state index contributed by atoms with van der Waals surface area (Å²) in [6.45, 7) is 5.86. The molecule has 0 radical (unpaired) electrons. The fraction of sp³-hybridized carbons (Fsp3) is 0.429. The van der Waals surface area contributed by atoms with Crippen LogP contribution in [0.1, 0.15) is 29.4 Å². The molecule has 0 unspecified atom stereocenters. The highest BCUT2D eigenvalue weighted by molar-refractivity contribution is 5.19. The molecule has 0 saturated carbocycles. The summed E-state index contributed by atoms with van der Waals surface area (Å²) >= 11 is 0. The first-order valence-corrected chi connectivity index (χ1v) is 6.33. The molecule has 2 aromatic rings. The lowest BCUT2D eigenvalue weighted by Crippen LogP contribution is -2.15. The molecule has 96 valence electrons. The maximum atomic E-state index is 4.43. The van der Waals surface area contributed by atoms with Crippen LogP contribution in [0.2, 0.25) is 0 Å². The highest BCUT2D eigenvalue weighted by Crippen LogP contribution is 2.08. The molecular formula is C14H20N4. The summed E-state index contributed by atoms with van der Waals surface area (Å²) in [5.74, 6) is 0. The lowest BCUT2D eigenvalue weighted by Gasteiger charge is -2.06. The van der Waals surface area contributed by atoms with Gasteiger partial charge in [-0.1, -0.05) is 13.0 Å². The molecule has 2 heterocycles. The van der Waals surface area contributed by atoms with Crippen LogP contribution in [0.5, 0.6) is 0 Å². The Morgan fingerprint density at radius 3 is 2.83 bits per heavy atom. The zero-order chi connectivity index (χ0) is 13.0. The van der Waals surface area contributed by atoms with Gasteiger partial charge in [0.2, 0.25) is 0 Å². The van der Waals surface area contributed by atoms with Gasteiger partial charge in [-0.2, -0.15) is 5.10 Å². The van der Waals surface area contributed by atoms with E-state index < -0.39 is 0 Å². The molecule has 0 fully saturated rings. The molecule has 0 aliphatic heterocycles. The van der Waals surface area contributed by atoms with Gasteiger partial charge in [-0.05, 0) is 25.0 Å². The Morgan fingerprint density at radius 1 is 1.28 bits per heavy atom. The zero-order valence-corrected chi connectivity index (χ0v) is 11.3. The molecule has 4 nitrogen and oxygen atoms in total. The molecule has 1 N–H and O–H groups in total. The average Bonchev–Trinajstić information content (AvgIpc) is 2.72. The molecule has 0 amide bonds. The second-order valence-electron chi connectivity index (χ2n) is 4.50. The third-order valence-electron chi connectivity index (χ3n) is 3.05. The second kappa shape index (κ2) is 5.78. The van der Waals surface area contributed by atoms with E-state index in [4.69, 9.17) is 0 Å². The molecule has 0 bridgehead atoms. The highest BCUT2D eigenvalue weighted by atomic mass is 15.3. The van der Waals surface area contributed by atoms with Gasteiger partial charge in [-0.25, -0.2) is 0 Å². The maximum absolute atomic E-state index is 4.43. The van der Waals surface area contributed by atoms with Crippen LogP contribution in [-0.4, -0.2) is 14.8 Å². The topological polar surface area (TPSA) is 42.7 Å². The van der Waals surface area contributed by atoms with Crippen LogP contribution < -0.4 is 5.32 Å². The minimum Gasteiger partial charge on any atom is -0.307 e. The van der Waals surface area contributed by atoms with Crippen LogP contribution in [0, 0.1) is 6.92 Å². The standard InChI is InChI=1S/C14H20N4/c1-4-13-12(10-18(3)17-13)8-15-9-14-11(2)6-5-7-16-14/h5-7,10,15H,4,8-9H2,1-3H3. The van der Waals surface area contributed by atoms with Crippen molar-refractivity contribution in [1.82, 2.24) is 20.1 Å². The van der Waals surface area contributed by atoms with Crippen LogP contribution in [0.15, 0.2) is 24.5 Å². The Balaban J connectivity index is 1.94.